The number of hydrogen-bond donors (Lipinski definition) is 1. The molecule has 0 aliphatic carbocycles. The summed E-state index contributed by atoms with van der Waals surface area (Å²) < 4.78 is 1.86. The van der Waals surface area contributed by atoms with Gasteiger partial charge in [-0.2, -0.15) is 0 Å². The number of carbonyl (C=O) groups excluding carboxylic acids is 1. The third-order valence-electron chi connectivity index (χ3n) is 4.16. The lowest BCUT2D eigenvalue weighted by Crippen LogP contribution is -2.24. The molecule has 25 heavy (non-hydrogen) atoms. The zero-order valence-electron chi connectivity index (χ0n) is 13.4. The molecule has 2 heterocycles. The van der Waals surface area contributed by atoms with Crippen LogP contribution in [0.4, 0.5) is 0 Å². The van der Waals surface area contributed by atoms with Gasteiger partial charge >= 0.3 is 0 Å². The Morgan fingerprint density at radius 3 is 2.80 bits per heavy atom. The molecule has 5 heteroatoms. The first-order chi connectivity index (χ1) is 12.2. The first-order valence-electron chi connectivity index (χ1n) is 8.05. The molecule has 0 atom stereocenters. The third-order valence-corrected chi connectivity index (χ3v) is 4.39. The van der Waals surface area contributed by atoms with Gasteiger partial charge in [0, 0.05) is 12.4 Å². The van der Waals surface area contributed by atoms with Crippen LogP contribution >= 0.6 is 11.6 Å². The van der Waals surface area contributed by atoms with Gasteiger partial charge in [0.1, 0.15) is 5.65 Å². The van der Waals surface area contributed by atoms with Crippen LogP contribution in [0.1, 0.15) is 11.3 Å². The van der Waals surface area contributed by atoms with Gasteiger partial charge in [-0.3, -0.25) is 4.79 Å². The Bertz CT molecular complexity index is 1070. The zero-order chi connectivity index (χ0) is 17.2. The lowest BCUT2D eigenvalue weighted by atomic mass is 10.0. The van der Waals surface area contributed by atoms with Crippen LogP contribution in [0.3, 0.4) is 0 Å². The number of nitrogens with one attached hydrogen (secondary N) is 1. The molecule has 0 unspecified atom stereocenters. The highest BCUT2D eigenvalue weighted by Gasteiger charge is 2.08. The van der Waals surface area contributed by atoms with Crippen molar-refractivity contribution in [2.24, 2.45) is 0 Å². The van der Waals surface area contributed by atoms with Crippen molar-refractivity contribution < 1.29 is 4.79 Å². The number of hydrogen-bond acceptors (Lipinski definition) is 2. The number of aromatic nitrogens is 2. The molecule has 0 radical (unpaired) electrons. The van der Waals surface area contributed by atoms with Crippen molar-refractivity contribution in [2.45, 2.75) is 13.0 Å². The molecular formula is C20H16ClN3O. The normalized spacial score (nSPS) is 11.1. The summed E-state index contributed by atoms with van der Waals surface area (Å²) in [4.78, 5) is 16.8. The zero-order valence-corrected chi connectivity index (χ0v) is 14.2. The summed E-state index contributed by atoms with van der Waals surface area (Å²) in [5, 5.41) is 5.85. The van der Waals surface area contributed by atoms with E-state index in [1.165, 1.54) is 0 Å². The lowest BCUT2D eigenvalue weighted by Gasteiger charge is -2.07. The largest absolute Gasteiger partial charge is 0.350 e. The van der Waals surface area contributed by atoms with Gasteiger partial charge in [0.25, 0.3) is 0 Å². The maximum absolute atomic E-state index is 12.3. The minimum atomic E-state index is -0.0218. The lowest BCUT2D eigenvalue weighted by molar-refractivity contribution is -0.120. The van der Waals surface area contributed by atoms with Crippen LogP contribution in [-0.4, -0.2) is 15.3 Å². The molecule has 0 aliphatic heterocycles. The fourth-order valence-corrected chi connectivity index (χ4v) is 3.14. The number of pyridine rings is 1. The number of benzene rings is 2. The quantitative estimate of drug-likeness (QED) is 0.605. The molecule has 1 amide bonds. The predicted molar refractivity (Wildman–Crippen MR) is 99.7 cm³/mol. The number of halogens is 1. The van der Waals surface area contributed by atoms with E-state index in [2.05, 4.69) is 22.4 Å². The van der Waals surface area contributed by atoms with Gasteiger partial charge in [-0.05, 0) is 28.5 Å². The maximum Gasteiger partial charge on any atom is 0.224 e. The van der Waals surface area contributed by atoms with E-state index in [1.54, 1.807) is 12.3 Å². The number of rotatable bonds is 4. The van der Waals surface area contributed by atoms with E-state index in [9.17, 15) is 4.79 Å². The smallest absolute Gasteiger partial charge is 0.224 e. The van der Waals surface area contributed by atoms with Gasteiger partial charge < -0.3 is 9.72 Å². The average Bonchev–Trinajstić information content (AvgIpc) is 3.02. The molecule has 0 fully saturated rings. The fraction of sp³-hybridized carbons (Fsp3) is 0.100. The minimum Gasteiger partial charge on any atom is -0.350 e. The number of fused-ring (bicyclic) bond motifs is 2. The third kappa shape index (κ3) is 3.35. The second-order valence-corrected chi connectivity index (χ2v) is 6.37. The Hall–Kier alpha value is -2.85. The minimum absolute atomic E-state index is 0.0218. The van der Waals surface area contributed by atoms with Crippen molar-refractivity contribution in [2.75, 3.05) is 0 Å². The Morgan fingerprint density at radius 2 is 1.88 bits per heavy atom. The molecule has 0 saturated heterocycles. The van der Waals surface area contributed by atoms with Crippen LogP contribution in [0.5, 0.6) is 0 Å². The van der Waals surface area contributed by atoms with Crippen molar-refractivity contribution in [1.82, 2.24) is 14.7 Å². The Balaban J connectivity index is 1.46. The fourth-order valence-electron chi connectivity index (χ4n) is 2.97. The molecule has 2 aromatic heterocycles. The number of imidazole rings is 1. The van der Waals surface area contributed by atoms with E-state index < -0.39 is 0 Å². The average molecular weight is 350 g/mol. The van der Waals surface area contributed by atoms with Gasteiger partial charge in [0.05, 0.1) is 23.7 Å². The summed E-state index contributed by atoms with van der Waals surface area (Å²) in [6.07, 6.45) is 4.02. The van der Waals surface area contributed by atoms with Crippen molar-refractivity contribution in [3.05, 3.63) is 83.3 Å². The van der Waals surface area contributed by atoms with E-state index in [4.69, 9.17) is 11.6 Å². The second-order valence-electron chi connectivity index (χ2n) is 5.94. The maximum atomic E-state index is 12.3. The van der Waals surface area contributed by atoms with Crippen molar-refractivity contribution >= 4 is 33.9 Å². The molecule has 2 aromatic carbocycles. The monoisotopic (exact) mass is 349 g/mol. The summed E-state index contributed by atoms with van der Waals surface area (Å²) >= 11 is 5.98. The molecule has 4 aromatic rings. The second kappa shape index (κ2) is 6.57. The van der Waals surface area contributed by atoms with E-state index in [-0.39, 0.29) is 5.91 Å². The molecule has 0 spiro atoms. The topological polar surface area (TPSA) is 46.4 Å². The predicted octanol–water partition coefficient (Wildman–Crippen LogP) is 4.00. The van der Waals surface area contributed by atoms with E-state index >= 15 is 0 Å². The molecule has 4 rings (SSSR count). The molecule has 124 valence electrons. The SMILES string of the molecule is O=C(Cc1cccc2ccccc12)NCc1cn2cc(Cl)ccc2n1. The van der Waals surface area contributed by atoms with Gasteiger partial charge in [0.15, 0.2) is 0 Å². The standard InChI is InChI=1S/C20H16ClN3O/c21-16-8-9-19-23-17(13-24(19)12-16)11-22-20(25)10-15-6-3-5-14-4-1-2-7-18(14)15/h1-9,12-13H,10-11H2,(H,22,25). The highest BCUT2D eigenvalue weighted by molar-refractivity contribution is 6.30. The van der Waals surface area contributed by atoms with Gasteiger partial charge in [0.2, 0.25) is 5.91 Å². The first-order valence-corrected chi connectivity index (χ1v) is 8.43. The van der Waals surface area contributed by atoms with Gasteiger partial charge in [-0.25, -0.2) is 4.98 Å². The van der Waals surface area contributed by atoms with E-state index in [0.717, 1.165) is 27.7 Å². The highest BCUT2D eigenvalue weighted by atomic mass is 35.5. The molecule has 0 saturated carbocycles. The summed E-state index contributed by atoms with van der Waals surface area (Å²) in [5.41, 5.74) is 2.63. The van der Waals surface area contributed by atoms with Crippen molar-refractivity contribution in [1.29, 1.82) is 0 Å². The Morgan fingerprint density at radius 1 is 1.04 bits per heavy atom. The molecule has 0 aliphatic rings. The van der Waals surface area contributed by atoms with E-state index in [0.29, 0.717) is 18.0 Å². The summed E-state index contributed by atoms with van der Waals surface area (Å²) in [6, 6.07) is 17.8. The summed E-state index contributed by atoms with van der Waals surface area (Å²) in [6.45, 7) is 0.392. The molecule has 1 N–H and O–H groups in total. The molecule has 0 bridgehead atoms. The van der Waals surface area contributed by atoms with Crippen molar-refractivity contribution in [3.63, 3.8) is 0 Å². The first kappa shape index (κ1) is 15.7. The van der Waals surface area contributed by atoms with Crippen LogP contribution < -0.4 is 5.32 Å². The van der Waals surface area contributed by atoms with Crippen LogP contribution in [0.15, 0.2) is 67.0 Å². The summed E-state index contributed by atoms with van der Waals surface area (Å²) in [5.74, 6) is -0.0218. The van der Waals surface area contributed by atoms with Crippen LogP contribution in [0, 0.1) is 0 Å². The van der Waals surface area contributed by atoms with Crippen LogP contribution in [-0.2, 0) is 17.8 Å². The number of carbonyl (C=O) groups is 1. The van der Waals surface area contributed by atoms with Gasteiger partial charge in [-0.15, -0.1) is 0 Å². The van der Waals surface area contributed by atoms with E-state index in [1.807, 2.05) is 47.0 Å². The van der Waals surface area contributed by atoms with Crippen molar-refractivity contribution in [3.8, 4) is 0 Å². The van der Waals surface area contributed by atoms with Gasteiger partial charge in [-0.1, -0.05) is 54.1 Å². The molecule has 4 nitrogen and oxygen atoms in total. The number of nitrogens with zero attached hydrogens (tertiary/aromatic N) is 2. The number of amides is 1. The van der Waals surface area contributed by atoms with Crippen LogP contribution in [0.25, 0.3) is 16.4 Å². The summed E-state index contributed by atoms with van der Waals surface area (Å²) in [7, 11) is 0. The Labute approximate surface area is 150 Å². The molecular weight excluding hydrogens is 334 g/mol. The Kier molecular flexibility index (Phi) is 4.12. The highest BCUT2D eigenvalue weighted by Crippen LogP contribution is 2.19. The van der Waals surface area contributed by atoms with Crippen LogP contribution in [0.2, 0.25) is 5.02 Å².